The second-order valence-electron chi connectivity index (χ2n) is 6.55. The monoisotopic (exact) mass is 368 g/mol. The van der Waals surface area contributed by atoms with E-state index in [0.717, 1.165) is 18.4 Å². The fourth-order valence-electron chi connectivity index (χ4n) is 3.07. The quantitative estimate of drug-likeness (QED) is 0.335. The van der Waals surface area contributed by atoms with Gasteiger partial charge in [0.25, 0.3) is 0 Å². The van der Waals surface area contributed by atoms with Gasteiger partial charge in [-0.1, -0.05) is 101 Å². The molecule has 1 aromatic carbocycles. The molecule has 0 aromatic heterocycles. The van der Waals surface area contributed by atoms with Crippen molar-refractivity contribution in [3.63, 3.8) is 0 Å². The summed E-state index contributed by atoms with van der Waals surface area (Å²) in [6, 6.07) is 9.34. The van der Waals surface area contributed by atoms with E-state index in [0.29, 0.717) is 6.42 Å². The number of carbonyl (C=O) groups is 1. The third-order valence-electron chi connectivity index (χ3n) is 4.49. The Morgan fingerprint density at radius 3 is 2.00 bits per heavy atom. The lowest BCUT2D eigenvalue weighted by Gasteiger charge is -2.14. The van der Waals surface area contributed by atoms with Gasteiger partial charge in [0.15, 0.2) is 0 Å². The summed E-state index contributed by atoms with van der Waals surface area (Å²) in [5, 5.41) is 0. The van der Waals surface area contributed by atoms with Crippen LogP contribution < -0.4 is 0 Å². The van der Waals surface area contributed by atoms with Gasteiger partial charge in [-0.15, -0.1) is 0 Å². The average molecular weight is 369 g/mol. The normalized spacial score (nSPS) is 13.4. The molecule has 1 N–H and O–H groups in total. The summed E-state index contributed by atoms with van der Waals surface area (Å²) >= 11 is -2.56. The maximum atomic E-state index is 12.1. The predicted octanol–water partition coefficient (Wildman–Crippen LogP) is 5.76. The lowest BCUT2D eigenvalue weighted by molar-refractivity contribution is -0.135. The Hall–Kier alpha value is -1.20. The molecule has 25 heavy (non-hydrogen) atoms. The van der Waals surface area contributed by atoms with Crippen LogP contribution in [0.25, 0.3) is 0 Å². The highest BCUT2D eigenvalue weighted by molar-refractivity contribution is 7.74. The molecule has 1 aromatic rings. The third-order valence-corrected chi connectivity index (χ3v) is 4.79. The lowest BCUT2D eigenvalue weighted by Crippen LogP contribution is -2.17. The standard InChI is InChI=1S/C20H32O4S/c1-2-3-4-5-6-7-8-9-10-14-17-19(20(21)24-25(22)23)18-15-12-11-13-16-18/h11-13,15-16,19H,2-10,14,17H2,1H3,(H,22,23). The molecule has 0 aliphatic rings. The van der Waals surface area contributed by atoms with Crippen LogP contribution in [0.2, 0.25) is 0 Å². The molecular formula is C20H32O4S. The highest BCUT2D eigenvalue weighted by Gasteiger charge is 2.23. The zero-order valence-electron chi connectivity index (χ0n) is 15.3. The van der Waals surface area contributed by atoms with Crippen molar-refractivity contribution in [3.05, 3.63) is 35.9 Å². The zero-order valence-corrected chi connectivity index (χ0v) is 16.1. The Bertz CT molecular complexity index is 490. The van der Waals surface area contributed by atoms with Gasteiger partial charge in [0.1, 0.15) is 0 Å². The van der Waals surface area contributed by atoms with Gasteiger partial charge in [0, 0.05) is 0 Å². The van der Waals surface area contributed by atoms with Crippen LogP contribution >= 0.6 is 0 Å². The lowest BCUT2D eigenvalue weighted by atomic mass is 9.93. The first-order chi connectivity index (χ1) is 12.1. The van der Waals surface area contributed by atoms with Crippen LogP contribution in [-0.4, -0.2) is 14.7 Å². The van der Waals surface area contributed by atoms with Crippen LogP contribution in [-0.2, 0) is 20.3 Å². The molecule has 0 heterocycles. The molecule has 0 aliphatic heterocycles. The van der Waals surface area contributed by atoms with Crippen molar-refractivity contribution < 1.29 is 17.7 Å². The third kappa shape index (κ3) is 10.4. The van der Waals surface area contributed by atoms with E-state index in [-0.39, 0.29) is 0 Å². The highest BCUT2D eigenvalue weighted by Crippen LogP contribution is 2.25. The first-order valence-electron chi connectivity index (χ1n) is 9.53. The van der Waals surface area contributed by atoms with E-state index in [1.165, 1.54) is 51.4 Å². The van der Waals surface area contributed by atoms with Crippen molar-refractivity contribution in [1.82, 2.24) is 0 Å². The summed E-state index contributed by atoms with van der Waals surface area (Å²) in [6.07, 6.45) is 13.0. The summed E-state index contributed by atoms with van der Waals surface area (Å²) in [4.78, 5) is 12.1. The van der Waals surface area contributed by atoms with Crippen LogP contribution in [0.1, 0.15) is 89.0 Å². The number of hydrogen-bond donors (Lipinski definition) is 1. The SMILES string of the molecule is CCCCCCCCCCCCC(C(=O)OS(=O)O)c1ccccc1. The second kappa shape index (κ2) is 14.0. The van der Waals surface area contributed by atoms with E-state index in [9.17, 15) is 9.00 Å². The number of carbonyl (C=O) groups excluding carboxylic acids is 1. The molecule has 0 saturated carbocycles. The van der Waals surface area contributed by atoms with E-state index in [1.807, 2.05) is 30.3 Å². The molecule has 2 atom stereocenters. The average Bonchev–Trinajstić information content (AvgIpc) is 2.60. The number of rotatable bonds is 14. The van der Waals surface area contributed by atoms with Gasteiger partial charge < -0.3 is 4.18 Å². The number of unbranched alkanes of at least 4 members (excludes halogenated alkanes) is 9. The summed E-state index contributed by atoms with van der Waals surface area (Å²) in [7, 11) is 0. The number of benzene rings is 1. The molecule has 5 heteroatoms. The van der Waals surface area contributed by atoms with Crippen LogP contribution in [0.15, 0.2) is 30.3 Å². The van der Waals surface area contributed by atoms with Gasteiger partial charge in [-0.05, 0) is 12.0 Å². The van der Waals surface area contributed by atoms with Crippen molar-refractivity contribution in [2.24, 2.45) is 0 Å². The first-order valence-corrected chi connectivity index (χ1v) is 10.6. The minimum Gasteiger partial charge on any atom is -0.343 e. The van der Waals surface area contributed by atoms with Crippen LogP contribution in [0.3, 0.4) is 0 Å². The van der Waals surface area contributed by atoms with Gasteiger partial charge in [-0.3, -0.25) is 9.35 Å². The molecule has 2 unspecified atom stereocenters. The fourth-order valence-corrected chi connectivity index (χ4v) is 3.33. The van der Waals surface area contributed by atoms with Crippen LogP contribution in [0.5, 0.6) is 0 Å². The molecule has 4 nitrogen and oxygen atoms in total. The maximum absolute atomic E-state index is 12.1. The highest BCUT2D eigenvalue weighted by atomic mass is 32.2. The van der Waals surface area contributed by atoms with Gasteiger partial charge in [0.2, 0.25) is 0 Å². The van der Waals surface area contributed by atoms with Crippen LogP contribution in [0, 0.1) is 0 Å². The van der Waals surface area contributed by atoms with Gasteiger partial charge in [-0.25, -0.2) is 0 Å². The Morgan fingerprint density at radius 2 is 1.48 bits per heavy atom. The predicted molar refractivity (Wildman–Crippen MR) is 103 cm³/mol. The fraction of sp³-hybridized carbons (Fsp3) is 0.650. The van der Waals surface area contributed by atoms with E-state index >= 15 is 0 Å². The summed E-state index contributed by atoms with van der Waals surface area (Å²) < 4.78 is 24.0. The van der Waals surface area contributed by atoms with E-state index in [2.05, 4.69) is 11.1 Å². The van der Waals surface area contributed by atoms with Gasteiger partial charge >= 0.3 is 17.3 Å². The molecule has 0 spiro atoms. The summed E-state index contributed by atoms with van der Waals surface area (Å²) in [6.45, 7) is 2.23. The van der Waals surface area contributed by atoms with Crippen molar-refractivity contribution in [1.29, 1.82) is 0 Å². The Morgan fingerprint density at radius 1 is 0.960 bits per heavy atom. The maximum Gasteiger partial charge on any atom is 0.360 e. The smallest absolute Gasteiger partial charge is 0.343 e. The van der Waals surface area contributed by atoms with E-state index < -0.39 is 23.2 Å². The molecule has 0 fully saturated rings. The first kappa shape index (κ1) is 21.8. The minimum atomic E-state index is -2.56. The van der Waals surface area contributed by atoms with Crippen molar-refractivity contribution in [2.45, 2.75) is 83.5 Å². The van der Waals surface area contributed by atoms with E-state index in [1.54, 1.807) is 0 Å². The molecule has 0 amide bonds. The minimum absolute atomic E-state index is 0.466. The molecule has 1 rings (SSSR count). The zero-order chi connectivity index (χ0) is 18.3. The largest absolute Gasteiger partial charge is 0.360 e. The molecule has 0 aliphatic carbocycles. The second-order valence-corrected chi connectivity index (χ2v) is 7.15. The molecule has 142 valence electrons. The number of hydrogen-bond acceptors (Lipinski definition) is 3. The van der Waals surface area contributed by atoms with E-state index in [4.69, 9.17) is 4.55 Å². The summed E-state index contributed by atoms with van der Waals surface area (Å²) in [5.74, 6) is -1.09. The Labute approximate surface area is 154 Å². The van der Waals surface area contributed by atoms with Crippen molar-refractivity contribution in [2.75, 3.05) is 0 Å². The molecule has 0 saturated heterocycles. The Kier molecular flexibility index (Phi) is 12.2. The summed E-state index contributed by atoms with van der Waals surface area (Å²) in [5.41, 5.74) is 0.842. The van der Waals surface area contributed by atoms with Crippen molar-refractivity contribution in [3.8, 4) is 0 Å². The molecular weight excluding hydrogens is 336 g/mol. The topological polar surface area (TPSA) is 63.6 Å². The Balaban J connectivity index is 2.27. The van der Waals surface area contributed by atoms with Crippen molar-refractivity contribution >= 4 is 17.3 Å². The van der Waals surface area contributed by atoms with Gasteiger partial charge in [-0.2, -0.15) is 4.21 Å². The van der Waals surface area contributed by atoms with Crippen LogP contribution in [0.4, 0.5) is 0 Å². The molecule has 0 radical (unpaired) electrons. The molecule has 0 bridgehead atoms. The van der Waals surface area contributed by atoms with Gasteiger partial charge in [0.05, 0.1) is 5.92 Å².